The van der Waals surface area contributed by atoms with E-state index in [2.05, 4.69) is 10.7 Å². The highest BCUT2D eigenvalue weighted by atomic mass is 35.5. The Morgan fingerprint density at radius 1 is 1.43 bits per heavy atom. The van der Waals surface area contributed by atoms with Crippen LogP contribution in [0.2, 0.25) is 8.67 Å². The standard InChI is InChI=1S/C13H9Cl2N3O4S/c1-13(7-3-2-4-22-7)11(20)18(12(21)16-13)17-10(19)6-5-8(14)23-9(6)15/h2-5H,1H3,(H,16,21)(H,17,19). The van der Waals surface area contributed by atoms with Crippen LogP contribution < -0.4 is 10.7 Å². The first-order chi connectivity index (χ1) is 10.8. The van der Waals surface area contributed by atoms with Crippen LogP contribution in [0.4, 0.5) is 4.79 Å². The van der Waals surface area contributed by atoms with E-state index in [0.29, 0.717) is 9.35 Å². The van der Waals surface area contributed by atoms with Crippen molar-refractivity contribution >= 4 is 52.4 Å². The van der Waals surface area contributed by atoms with E-state index in [1.807, 2.05) is 0 Å². The molecule has 1 unspecified atom stereocenters. The zero-order valence-corrected chi connectivity index (χ0v) is 13.9. The lowest BCUT2D eigenvalue weighted by molar-refractivity contribution is -0.133. The van der Waals surface area contributed by atoms with E-state index in [9.17, 15) is 14.4 Å². The van der Waals surface area contributed by atoms with Crippen LogP contribution in [0, 0.1) is 0 Å². The molecule has 1 saturated heterocycles. The van der Waals surface area contributed by atoms with Gasteiger partial charge in [0, 0.05) is 0 Å². The maximum absolute atomic E-state index is 12.5. The number of imide groups is 1. The Kier molecular flexibility index (Phi) is 3.83. The molecule has 0 aliphatic carbocycles. The molecule has 7 nitrogen and oxygen atoms in total. The second-order valence-electron chi connectivity index (χ2n) is 4.85. The van der Waals surface area contributed by atoms with Crippen molar-refractivity contribution in [1.29, 1.82) is 0 Å². The Labute approximate surface area is 144 Å². The molecule has 1 aliphatic rings. The average molecular weight is 374 g/mol. The highest BCUT2D eigenvalue weighted by Gasteiger charge is 2.52. The number of amides is 4. The number of hydrazine groups is 1. The summed E-state index contributed by atoms with van der Waals surface area (Å²) in [6.45, 7) is 1.48. The number of hydrogen-bond donors (Lipinski definition) is 2. The zero-order valence-electron chi connectivity index (χ0n) is 11.6. The maximum atomic E-state index is 12.5. The van der Waals surface area contributed by atoms with Gasteiger partial charge >= 0.3 is 6.03 Å². The van der Waals surface area contributed by atoms with Crippen LogP contribution in [0.5, 0.6) is 0 Å². The zero-order chi connectivity index (χ0) is 16.8. The predicted molar refractivity (Wildman–Crippen MR) is 83.2 cm³/mol. The van der Waals surface area contributed by atoms with Crippen molar-refractivity contribution < 1.29 is 18.8 Å². The van der Waals surface area contributed by atoms with Gasteiger partial charge in [-0.05, 0) is 25.1 Å². The lowest BCUT2D eigenvalue weighted by Gasteiger charge is -2.19. The van der Waals surface area contributed by atoms with Crippen LogP contribution in [0.1, 0.15) is 23.0 Å². The summed E-state index contributed by atoms with van der Waals surface area (Å²) >= 11 is 12.7. The summed E-state index contributed by atoms with van der Waals surface area (Å²) in [5, 5.41) is 3.07. The minimum atomic E-state index is -1.40. The van der Waals surface area contributed by atoms with Crippen molar-refractivity contribution in [2.75, 3.05) is 0 Å². The number of furan rings is 1. The van der Waals surface area contributed by atoms with Gasteiger partial charge in [-0.25, -0.2) is 4.79 Å². The van der Waals surface area contributed by atoms with Gasteiger partial charge in [0.25, 0.3) is 11.8 Å². The molecule has 3 heterocycles. The molecule has 1 atom stereocenters. The molecule has 2 N–H and O–H groups in total. The SMILES string of the molecule is CC1(c2ccco2)NC(=O)N(NC(=O)c2cc(Cl)sc2Cl)C1=O. The van der Waals surface area contributed by atoms with E-state index in [0.717, 1.165) is 11.3 Å². The highest BCUT2D eigenvalue weighted by molar-refractivity contribution is 7.20. The van der Waals surface area contributed by atoms with E-state index in [4.69, 9.17) is 27.6 Å². The molecule has 1 fully saturated rings. The first-order valence-corrected chi connectivity index (χ1v) is 7.86. The van der Waals surface area contributed by atoms with Gasteiger partial charge in [-0.2, -0.15) is 5.01 Å². The molecule has 1 aliphatic heterocycles. The lowest BCUT2D eigenvalue weighted by Crippen LogP contribution is -2.47. The van der Waals surface area contributed by atoms with Crippen LogP contribution in [-0.4, -0.2) is 22.9 Å². The van der Waals surface area contributed by atoms with Gasteiger partial charge in [-0.15, -0.1) is 11.3 Å². The fourth-order valence-electron chi connectivity index (χ4n) is 2.13. The van der Waals surface area contributed by atoms with Gasteiger partial charge in [-0.3, -0.25) is 15.0 Å². The number of nitrogens with one attached hydrogen (secondary N) is 2. The second-order valence-corrected chi connectivity index (χ2v) is 7.14. The normalized spacial score (nSPS) is 20.7. The van der Waals surface area contributed by atoms with E-state index in [-0.39, 0.29) is 15.7 Å². The van der Waals surface area contributed by atoms with Gasteiger partial charge < -0.3 is 9.73 Å². The van der Waals surface area contributed by atoms with Crippen molar-refractivity contribution in [2.45, 2.75) is 12.5 Å². The predicted octanol–water partition coefficient (Wildman–Crippen LogP) is 2.76. The molecular formula is C13H9Cl2N3O4S. The summed E-state index contributed by atoms with van der Waals surface area (Å²) in [6.07, 6.45) is 1.38. The number of rotatable bonds is 3. The van der Waals surface area contributed by atoms with Gasteiger partial charge in [0.1, 0.15) is 10.1 Å². The fraction of sp³-hybridized carbons (Fsp3) is 0.154. The van der Waals surface area contributed by atoms with Crippen molar-refractivity contribution in [3.8, 4) is 0 Å². The van der Waals surface area contributed by atoms with Crippen LogP contribution in [0.25, 0.3) is 0 Å². The quantitative estimate of drug-likeness (QED) is 0.809. The molecule has 4 amide bonds. The molecule has 0 radical (unpaired) electrons. The second kappa shape index (κ2) is 5.55. The highest BCUT2D eigenvalue weighted by Crippen LogP contribution is 2.32. The number of halogens is 2. The first kappa shape index (κ1) is 15.9. The third-order valence-electron chi connectivity index (χ3n) is 3.32. The van der Waals surface area contributed by atoms with Crippen LogP contribution in [-0.2, 0) is 10.3 Å². The Bertz CT molecular complexity index is 804. The smallest absolute Gasteiger partial charge is 0.344 e. The van der Waals surface area contributed by atoms with Gasteiger partial charge in [-0.1, -0.05) is 23.2 Å². The molecule has 0 bridgehead atoms. The first-order valence-electron chi connectivity index (χ1n) is 6.29. The lowest BCUT2D eigenvalue weighted by atomic mass is 10.00. The number of nitrogens with zero attached hydrogens (tertiary/aromatic N) is 1. The summed E-state index contributed by atoms with van der Waals surface area (Å²) in [6, 6.07) is 3.72. The van der Waals surface area contributed by atoms with E-state index >= 15 is 0 Å². The molecule has 0 saturated carbocycles. The minimum absolute atomic E-state index is 0.0777. The fourth-order valence-corrected chi connectivity index (χ4v) is 3.59. The topological polar surface area (TPSA) is 91.7 Å². The molecule has 120 valence electrons. The summed E-state index contributed by atoms with van der Waals surface area (Å²) < 4.78 is 5.67. The van der Waals surface area contributed by atoms with Crippen LogP contribution >= 0.6 is 34.5 Å². The molecule has 2 aromatic heterocycles. The van der Waals surface area contributed by atoms with Gasteiger partial charge in [0.15, 0.2) is 5.54 Å². The van der Waals surface area contributed by atoms with Gasteiger partial charge in [0.05, 0.1) is 16.2 Å². The summed E-state index contributed by atoms with van der Waals surface area (Å²) in [7, 11) is 0. The Morgan fingerprint density at radius 3 is 2.74 bits per heavy atom. The number of thiophene rings is 1. The maximum Gasteiger partial charge on any atom is 0.344 e. The molecule has 0 spiro atoms. The molecule has 10 heteroatoms. The van der Waals surface area contributed by atoms with Crippen LogP contribution in [0.15, 0.2) is 28.9 Å². The van der Waals surface area contributed by atoms with Crippen molar-refractivity contribution in [3.05, 3.63) is 44.5 Å². The Hall–Kier alpha value is -2.03. The number of carbonyl (C=O) groups is 3. The summed E-state index contributed by atoms with van der Waals surface area (Å²) in [4.78, 5) is 36.7. The van der Waals surface area contributed by atoms with Crippen molar-refractivity contribution in [3.63, 3.8) is 0 Å². The monoisotopic (exact) mass is 373 g/mol. The number of hydrogen-bond acceptors (Lipinski definition) is 5. The largest absolute Gasteiger partial charge is 0.466 e. The Morgan fingerprint density at radius 2 is 2.17 bits per heavy atom. The van der Waals surface area contributed by atoms with E-state index in [1.54, 1.807) is 12.1 Å². The molecule has 23 heavy (non-hydrogen) atoms. The van der Waals surface area contributed by atoms with E-state index in [1.165, 1.54) is 19.3 Å². The molecule has 0 aromatic carbocycles. The van der Waals surface area contributed by atoms with Gasteiger partial charge in [0.2, 0.25) is 0 Å². The molecule has 2 aromatic rings. The van der Waals surface area contributed by atoms with E-state index < -0.39 is 23.4 Å². The molecule has 3 rings (SSSR count). The third-order valence-corrected chi connectivity index (χ3v) is 4.81. The van der Waals surface area contributed by atoms with Crippen molar-refractivity contribution in [2.24, 2.45) is 0 Å². The number of urea groups is 1. The Balaban J connectivity index is 1.84. The summed E-state index contributed by atoms with van der Waals surface area (Å²) in [5.41, 5.74) is 0.900. The van der Waals surface area contributed by atoms with Crippen molar-refractivity contribution in [1.82, 2.24) is 15.8 Å². The molecular weight excluding hydrogens is 365 g/mol. The minimum Gasteiger partial charge on any atom is -0.466 e. The average Bonchev–Trinajstić information content (AvgIpc) is 3.16. The number of carbonyl (C=O) groups excluding carboxylic acids is 3. The third kappa shape index (κ3) is 2.58. The summed E-state index contributed by atoms with van der Waals surface area (Å²) in [5.74, 6) is -1.14. The van der Waals surface area contributed by atoms with Crippen LogP contribution in [0.3, 0.4) is 0 Å².